The summed E-state index contributed by atoms with van der Waals surface area (Å²) in [5.41, 5.74) is 1.81. The van der Waals surface area contributed by atoms with E-state index in [-0.39, 0.29) is 28.7 Å². The number of amides is 2. The lowest BCUT2D eigenvalue weighted by Crippen LogP contribution is -2.46. The Kier molecular flexibility index (Phi) is 5.79. The van der Waals surface area contributed by atoms with Gasteiger partial charge in [-0.3, -0.25) is 19.1 Å². The van der Waals surface area contributed by atoms with E-state index < -0.39 is 17.4 Å². The normalized spacial score (nSPS) is 22.6. The van der Waals surface area contributed by atoms with Gasteiger partial charge >= 0.3 is 11.8 Å². The van der Waals surface area contributed by atoms with Gasteiger partial charge in [0.2, 0.25) is 0 Å². The molecule has 2 fully saturated rings. The van der Waals surface area contributed by atoms with Gasteiger partial charge < -0.3 is 19.6 Å². The Morgan fingerprint density at radius 2 is 2.03 bits per heavy atom. The van der Waals surface area contributed by atoms with Gasteiger partial charge in [0, 0.05) is 24.7 Å². The van der Waals surface area contributed by atoms with Crippen LogP contribution in [0.3, 0.4) is 0 Å². The van der Waals surface area contributed by atoms with Gasteiger partial charge in [-0.05, 0) is 56.5 Å². The third-order valence-corrected chi connectivity index (χ3v) is 7.54. The summed E-state index contributed by atoms with van der Waals surface area (Å²) in [7, 11) is 2.12. The van der Waals surface area contributed by atoms with Crippen LogP contribution < -0.4 is 10.9 Å². The van der Waals surface area contributed by atoms with E-state index in [4.69, 9.17) is 9.62 Å². The summed E-state index contributed by atoms with van der Waals surface area (Å²) in [6.07, 6.45) is 6.25. The first-order chi connectivity index (χ1) is 17.9. The summed E-state index contributed by atoms with van der Waals surface area (Å²) in [5, 5.41) is 10.9. The third-order valence-electron chi connectivity index (χ3n) is 7.54. The molecule has 4 aromatic rings. The molecule has 2 aliphatic heterocycles. The second-order valence-electron chi connectivity index (χ2n) is 10.4. The summed E-state index contributed by atoms with van der Waals surface area (Å²) in [5.74, 6) is -1.11. The number of rotatable bonds is 3. The molecule has 0 saturated carbocycles. The number of aromatic nitrogens is 4. The maximum Gasteiger partial charge on any atom is 0.313 e. The summed E-state index contributed by atoms with van der Waals surface area (Å²) in [4.78, 5) is 46.2. The van der Waals surface area contributed by atoms with Crippen molar-refractivity contribution in [2.75, 3.05) is 32.0 Å². The highest BCUT2D eigenvalue weighted by Crippen LogP contribution is 2.35. The zero-order valence-electron chi connectivity index (χ0n) is 20.8. The van der Waals surface area contributed by atoms with E-state index in [2.05, 4.69) is 51.3 Å². The quantitative estimate of drug-likeness (QED) is 0.411. The number of carbonyl (C=O) groups excluding carboxylic acids is 2. The average molecular weight is 504 g/mol. The molecule has 0 aliphatic carbocycles. The van der Waals surface area contributed by atoms with E-state index in [9.17, 15) is 14.4 Å². The molecule has 2 N–H and O–H groups in total. The fraction of sp³-hybridized carbons (Fsp3) is 0.423. The smallest absolute Gasteiger partial charge is 0.313 e. The molecule has 3 aromatic heterocycles. The molecule has 0 radical (unpaired) electrons. The van der Waals surface area contributed by atoms with E-state index in [1.165, 1.54) is 12.3 Å². The van der Waals surface area contributed by atoms with E-state index >= 15 is 0 Å². The van der Waals surface area contributed by atoms with E-state index in [1.54, 1.807) is 4.90 Å². The van der Waals surface area contributed by atoms with Gasteiger partial charge in [0.15, 0.2) is 0 Å². The molecular formula is C26H29N7O4. The highest BCUT2D eigenvalue weighted by atomic mass is 16.5. The number of likely N-dealkylation sites (N-methyl/N-ethyl adjacent to an activating group) is 1. The summed E-state index contributed by atoms with van der Waals surface area (Å²) >= 11 is 0. The predicted octanol–water partition coefficient (Wildman–Crippen LogP) is 2.68. The fourth-order valence-electron chi connectivity index (χ4n) is 5.53. The van der Waals surface area contributed by atoms with Crippen LogP contribution in [0.15, 0.2) is 46.0 Å². The number of carbonyl (C=O) groups is 2. The van der Waals surface area contributed by atoms with Gasteiger partial charge in [-0.2, -0.15) is 10.3 Å². The van der Waals surface area contributed by atoms with E-state index in [1.807, 2.05) is 12.1 Å². The molecular weight excluding hydrogens is 474 g/mol. The number of hydrogen-bond acceptors (Lipinski definition) is 7. The van der Waals surface area contributed by atoms with Gasteiger partial charge in [-0.25, -0.2) is 4.98 Å². The van der Waals surface area contributed by atoms with Crippen molar-refractivity contribution >= 4 is 39.5 Å². The summed E-state index contributed by atoms with van der Waals surface area (Å²) < 4.78 is 7.01. The number of H-pyrrole nitrogens is 1. The Morgan fingerprint density at radius 1 is 1.16 bits per heavy atom. The first-order valence-electron chi connectivity index (χ1n) is 12.6. The Labute approximate surface area is 212 Å². The Morgan fingerprint density at radius 3 is 2.84 bits per heavy atom. The lowest BCUT2D eigenvalue weighted by atomic mass is 9.89. The van der Waals surface area contributed by atoms with Crippen molar-refractivity contribution in [3.63, 3.8) is 0 Å². The Hall–Kier alpha value is -3.99. The number of likely N-dealkylation sites (tertiary alicyclic amines) is 2. The lowest BCUT2D eigenvalue weighted by molar-refractivity contribution is -0.146. The topological polar surface area (TPSA) is 129 Å². The van der Waals surface area contributed by atoms with Crippen LogP contribution in [0.25, 0.3) is 22.0 Å². The Balaban J connectivity index is 1.24. The van der Waals surface area contributed by atoms with Gasteiger partial charge in [-0.1, -0.05) is 19.1 Å². The number of nitrogens with one attached hydrogen (secondary N) is 2. The number of aromatic amines is 1. The van der Waals surface area contributed by atoms with Crippen LogP contribution in [0.5, 0.6) is 0 Å². The molecule has 3 atom stereocenters. The molecule has 2 saturated heterocycles. The van der Waals surface area contributed by atoms with Crippen molar-refractivity contribution in [1.29, 1.82) is 0 Å². The van der Waals surface area contributed by atoms with Gasteiger partial charge in [-0.15, -0.1) is 0 Å². The molecule has 37 heavy (non-hydrogen) atoms. The van der Waals surface area contributed by atoms with Crippen molar-refractivity contribution in [3.05, 3.63) is 52.6 Å². The second kappa shape index (κ2) is 9.15. The summed E-state index contributed by atoms with van der Waals surface area (Å²) in [6.45, 7) is 4.61. The first kappa shape index (κ1) is 23.4. The minimum absolute atomic E-state index is 0.136. The lowest BCUT2D eigenvalue weighted by Gasteiger charge is -2.38. The average Bonchev–Trinajstić information content (AvgIpc) is 3.61. The minimum atomic E-state index is -0.768. The SMILES string of the molecule is C[C@H]1CC[C@H](c2ccc3cn(C4CCN(C)C4)nc3c2)N(C(=O)C(=O)Nc2cnc3o[nH]c(=O)c3c2)C1. The van der Waals surface area contributed by atoms with Crippen molar-refractivity contribution in [1.82, 2.24) is 29.7 Å². The van der Waals surface area contributed by atoms with Crippen molar-refractivity contribution < 1.29 is 14.1 Å². The molecule has 1 unspecified atom stereocenters. The molecule has 11 nitrogen and oxygen atoms in total. The highest BCUT2D eigenvalue weighted by Gasteiger charge is 2.34. The van der Waals surface area contributed by atoms with Crippen molar-refractivity contribution in [3.8, 4) is 0 Å². The van der Waals surface area contributed by atoms with Crippen molar-refractivity contribution in [2.24, 2.45) is 5.92 Å². The Bertz CT molecular complexity index is 1550. The van der Waals surface area contributed by atoms with Crippen LogP contribution in [0.1, 0.15) is 43.8 Å². The number of nitrogens with zero attached hydrogens (tertiary/aromatic N) is 5. The standard InChI is InChI=1S/C26H29N7O4/c1-15-3-6-22(16-4-5-17-13-33(29-21(17)9-16)19-7-8-31(2)14-19)32(12-15)26(36)24(35)28-18-10-20-23(34)30-37-25(20)27-11-18/h4-5,9-11,13,15,19,22H,3,6-8,12,14H2,1-2H3,(H,28,35)(H,30,34)/t15-,19?,22+/m0/s1. The largest absolute Gasteiger partial charge is 0.358 e. The summed E-state index contributed by atoms with van der Waals surface area (Å²) in [6, 6.07) is 7.72. The molecule has 2 aliphatic rings. The first-order valence-corrected chi connectivity index (χ1v) is 12.6. The number of pyridine rings is 1. The van der Waals surface area contributed by atoms with Crippen molar-refractivity contribution in [2.45, 2.75) is 38.3 Å². The molecule has 5 heterocycles. The highest BCUT2D eigenvalue weighted by molar-refractivity contribution is 6.39. The maximum atomic E-state index is 13.4. The van der Waals surface area contributed by atoms with Crippen LogP contribution in [-0.4, -0.2) is 68.2 Å². The fourth-order valence-corrected chi connectivity index (χ4v) is 5.53. The minimum Gasteiger partial charge on any atom is -0.358 e. The number of fused-ring (bicyclic) bond motifs is 2. The zero-order valence-corrected chi connectivity index (χ0v) is 20.8. The van der Waals surface area contributed by atoms with Crippen LogP contribution >= 0.6 is 0 Å². The third kappa shape index (κ3) is 4.39. The van der Waals surface area contributed by atoms with E-state index in [0.717, 1.165) is 48.8 Å². The van der Waals surface area contributed by atoms with Gasteiger partial charge in [0.1, 0.15) is 5.39 Å². The number of piperidine rings is 1. The van der Waals surface area contributed by atoms with Crippen LogP contribution in [0.4, 0.5) is 5.69 Å². The molecule has 192 valence electrons. The number of hydrogen-bond donors (Lipinski definition) is 2. The molecule has 11 heteroatoms. The van der Waals surface area contributed by atoms with Crippen LogP contribution in [0, 0.1) is 5.92 Å². The van der Waals surface area contributed by atoms with Crippen LogP contribution in [0.2, 0.25) is 0 Å². The van der Waals surface area contributed by atoms with E-state index in [0.29, 0.717) is 12.6 Å². The van der Waals surface area contributed by atoms with Gasteiger partial charge in [0.05, 0.1) is 29.5 Å². The molecule has 1 aromatic carbocycles. The van der Waals surface area contributed by atoms with Gasteiger partial charge in [0.25, 0.3) is 11.3 Å². The number of benzene rings is 1. The molecule has 2 amide bonds. The maximum absolute atomic E-state index is 13.4. The second-order valence-corrected chi connectivity index (χ2v) is 10.4. The number of anilines is 1. The molecule has 6 rings (SSSR count). The molecule has 0 bridgehead atoms. The molecule has 0 spiro atoms. The zero-order chi connectivity index (χ0) is 25.7. The monoisotopic (exact) mass is 503 g/mol. The van der Waals surface area contributed by atoms with Crippen LogP contribution in [-0.2, 0) is 9.59 Å². The predicted molar refractivity (Wildman–Crippen MR) is 137 cm³/mol.